The van der Waals surface area contributed by atoms with Gasteiger partial charge in [0.05, 0.1) is 0 Å². The fourth-order valence-corrected chi connectivity index (χ4v) is 1.77. The molecule has 0 aliphatic carbocycles. The van der Waals surface area contributed by atoms with Crippen LogP contribution in [0.25, 0.3) is 0 Å². The Morgan fingerprint density at radius 2 is 2.12 bits per heavy atom. The molecule has 4 nitrogen and oxygen atoms in total. The minimum Gasteiger partial charge on any atom is -0.484 e. The molecule has 0 bridgehead atoms. The van der Waals surface area contributed by atoms with Crippen LogP contribution in [0.1, 0.15) is 6.42 Å². The second-order valence-corrected chi connectivity index (χ2v) is 3.99. The van der Waals surface area contributed by atoms with Crippen molar-refractivity contribution in [2.75, 3.05) is 19.7 Å². The average molecular weight is 257 g/mol. The van der Waals surface area contributed by atoms with Crippen LogP contribution in [0.2, 0.25) is 0 Å². The van der Waals surface area contributed by atoms with Crippen molar-refractivity contribution in [3.8, 4) is 5.75 Å². The number of carbonyl (C=O) groups is 1. The molecule has 0 unspecified atom stereocenters. The molecule has 1 aliphatic rings. The van der Waals surface area contributed by atoms with Crippen molar-refractivity contribution in [2.24, 2.45) is 5.73 Å². The zero-order valence-electron chi connectivity index (χ0n) is 9.54. The van der Waals surface area contributed by atoms with Gasteiger partial charge < -0.3 is 15.4 Å². The predicted molar refractivity (Wildman–Crippen MR) is 68.4 cm³/mol. The summed E-state index contributed by atoms with van der Waals surface area (Å²) >= 11 is 0. The summed E-state index contributed by atoms with van der Waals surface area (Å²) < 4.78 is 5.38. The maximum absolute atomic E-state index is 11.7. The first-order valence-corrected chi connectivity index (χ1v) is 5.47. The quantitative estimate of drug-likeness (QED) is 0.880. The summed E-state index contributed by atoms with van der Waals surface area (Å²) in [6, 6.07) is 9.47. The first kappa shape index (κ1) is 13.8. The Hall–Kier alpha value is -1.26. The largest absolute Gasteiger partial charge is 0.484 e. The van der Waals surface area contributed by atoms with E-state index in [0.29, 0.717) is 6.54 Å². The molecule has 1 atom stereocenters. The molecule has 1 saturated heterocycles. The lowest BCUT2D eigenvalue weighted by Gasteiger charge is -2.15. The van der Waals surface area contributed by atoms with Gasteiger partial charge in [0.1, 0.15) is 5.75 Å². The number of carbonyl (C=O) groups excluding carboxylic acids is 1. The number of ether oxygens (including phenoxy) is 1. The molecule has 0 spiro atoms. The van der Waals surface area contributed by atoms with Crippen molar-refractivity contribution in [2.45, 2.75) is 12.5 Å². The van der Waals surface area contributed by atoms with Gasteiger partial charge >= 0.3 is 0 Å². The van der Waals surface area contributed by atoms with Gasteiger partial charge in [0.25, 0.3) is 5.91 Å². The summed E-state index contributed by atoms with van der Waals surface area (Å²) in [4.78, 5) is 13.5. The van der Waals surface area contributed by atoms with E-state index in [1.807, 2.05) is 30.3 Å². The Kier molecular flexibility index (Phi) is 5.25. The number of nitrogens with zero attached hydrogens (tertiary/aromatic N) is 1. The number of likely N-dealkylation sites (tertiary alicyclic amines) is 1. The second kappa shape index (κ2) is 6.47. The van der Waals surface area contributed by atoms with E-state index in [1.165, 1.54) is 0 Å². The van der Waals surface area contributed by atoms with E-state index in [-0.39, 0.29) is 31.0 Å². The summed E-state index contributed by atoms with van der Waals surface area (Å²) in [7, 11) is 0. The number of hydrogen-bond donors (Lipinski definition) is 1. The van der Waals surface area contributed by atoms with Gasteiger partial charge in [0.15, 0.2) is 6.61 Å². The van der Waals surface area contributed by atoms with Crippen molar-refractivity contribution in [3.05, 3.63) is 30.3 Å². The molecule has 0 radical (unpaired) electrons. The molecular formula is C12H17ClN2O2. The monoisotopic (exact) mass is 256 g/mol. The van der Waals surface area contributed by atoms with Gasteiger partial charge in [0.2, 0.25) is 0 Å². The highest BCUT2D eigenvalue weighted by atomic mass is 35.5. The third kappa shape index (κ3) is 3.91. The number of hydrogen-bond acceptors (Lipinski definition) is 3. The van der Waals surface area contributed by atoms with Gasteiger partial charge in [-0.15, -0.1) is 12.4 Å². The van der Waals surface area contributed by atoms with Crippen LogP contribution in [-0.2, 0) is 4.79 Å². The van der Waals surface area contributed by atoms with Gasteiger partial charge in [-0.1, -0.05) is 18.2 Å². The fourth-order valence-electron chi connectivity index (χ4n) is 1.77. The molecule has 0 saturated carbocycles. The minimum atomic E-state index is 0. The molecule has 5 heteroatoms. The van der Waals surface area contributed by atoms with Gasteiger partial charge in [-0.2, -0.15) is 0 Å². The van der Waals surface area contributed by atoms with Crippen LogP contribution in [0.3, 0.4) is 0 Å². The van der Waals surface area contributed by atoms with Crippen molar-refractivity contribution in [1.82, 2.24) is 4.90 Å². The molecule has 2 rings (SSSR count). The number of halogens is 1. The van der Waals surface area contributed by atoms with Crippen LogP contribution < -0.4 is 10.5 Å². The molecule has 1 heterocycles. The molecular weight excluding hydrogens is 240 g/mol. The van der Waals surface area contributed by atoms with Gasteiger partial charge in [-0.25, -0.2) is 0 Å². The Morgan fingerprint density at radius 3 is 2.71 bits per heavy atom. The smallest absolute Gasteiger partial charge is 0.260 e. The number of rotatable bonds is 3. The standard InChI is InChI=1S/C12H16N2O2.ClH/c13-10-6-7-14(8-10)12(15)9-16-11-4-2-1-3-5-11;/h1-5,10H,6-9,13H2;1H/t10-;/m0./s1. The highest BCUT2D eigenvalue weighted by molar-refractivity contribution is 5.85. The van der Waals surface area contributed by atoms with E-state index >= 15 is 0 Å². The first-order valence-electron chi connectivity index (χ1n) is 5.47. The van der Waals surface area contributed by atoms with E-state index in [4.69, 9.17) is 10.5 Å². The molecule has 17 heavy (non-hydrogen) atoms. The Bertz CT molecular complexity index is 359. The van der Waals surface area contributed by atoms with Crippen LogP contribution >= 0.6 is 12.4 Å². The summed E-state index contributed by atoms with van der Waals surface area (Å²) in [6.07, 6.45) is 0.886. The third-order valence-electron chi connectivity index (χ3n) is 2.68. The Morgan fingerprint density at radius 1 is 1.41 bits per heavy atom. The highest BCUT2D eigenvalue weighted by Gasteiger charge is 2.23. The van der Waals surface area contributed by atoms with Crippen LogP contribution in [0.15, 0.2) is 30.3 Å². The molecule has 0 aromatic heterocycles. The summed E-state index contributed by atoms with van der Waals surface area (Å²) in [5, 5.41) is 0. The second-order valence-electron chi connectivity index (χ2n) is 3.99. The van der Waals surface area contributed by atoms with E-state index in [9.17, 15) is 4.79 Å². The van der Waals surface area contributed by atoms with Crippen molar-refractivity contribution in [3.63, 3.8) is 0 Å². The fraction of sp³-hybridized carbons (Fsp3) is 0.417. The highest BCUT2D eigenvalue weighted by Crippen LogP contribution is 2.10. The molecule has 94 valence electrons. The average Bonchev–Trinajstić information content (AvgIpc) is 2.74. The van der Waals surface area contributed by atoms with E-state index in [2.05, 4.69) is 0 Å². The molecule has 1 aromatic carbocycles. The topological polar surface area (TPSA) is 55.6 Å². The normalized spacial score (nSPS) is 18.6. The van der Waals surface area contributed by atoms with Gasteiger partial charge in [-0.05, 0) is 18.6 Å². The zero-order chi connectivity index (χ0) is 11.4. The van der Waals surface area contributed by atoms with E-state index in [0.717, 1.165) is 18.7 Å². The van der Waals surface area contributed by atoms with Crippen molar-refractivity contribution in [1.29, 1.82) is 0 Å². The van der Waals surface area contributed by atoms with E-state index < -0.39 is 0 Å². The molecule has 2 N–H and O–H groups in total. The Labute approximate surface area is 107 Å². The molecule has 1 amide bonds. The number of amides is 1. The molecule has 1 aliphatic heterocycles. The number of benzene rings is 1. The summed E-state index contributed by atoms with van der Waals surface area (Å²) in [5.74, 6) is 0.733. The lowest BCUT2D eigenvalue weighted by Crippen LogP contribution is -2.35. The number of nitrogens with two attached hydrogens (primary N) is 1. The Balaban J connectivity index is 0.00000144. The van der Waals surface area contributed by atoms with Crippen molar-refractivity contribution < 1.29 is 9.53 Å². The molecule has 1 fully saturated rings. The molecule has 1 aromatic rings. The maximum atomic E-state index is 11.7. The SMILES string of the molecule is Cl.N[C@H]1CCN(C(=O)COc2ccccc2)C1. The lowest BCUT2D eigenvalue weighted by molar-refractivity contribution is -0.132. The summed E-state index contributed by atoms with van der Waals surface area (Å²) in [6.45, 7) is 1.49. The lowest BCUT2D eigenvalue weighted by atomic mass is 10.3. The van der Waals surface area contributed by atoms with Crippen LogP contribution in [0.4, 0.5) is 0 Å². The number of para-hydroxylation sites is 1. The van der Waals surface area contributed by atoms with Gasteiger partial charge in [-0.3, -0.25) is 4.79 Å². The first-order chi connectivity index (χ1) is 7.75. The third-order valence-corrected chi connectivity index (χ3v) is 2.68. The zero-order valence-corrected chi connectivity index (χ0v) is 10.4. The van der Waals surface area contributed by atoms with Gasteiger partial charge in [0, 0.05) is 19.1 Å². The van der Waals surface area contributed by atoms with Crippen LogP contribution in [0, 0.1) is 0 Å². The minimum absolute atomic E-state index is 0. The maximum Gasteiger partial charge on any atom is 0.260 e. The van der Waals surface area contributed by atoms with Crippen LogP contribution in [0.5, 0.6) is 5.75 Å². The summed E-state index contributed by atoms with van der Waals surface area (Å²) in [5.41, 5.74) is 5.74. The van der Waals surface area contributed by atoms with E-state index in [1.54, 1.807) is 4.90 Å². The van der Waals surface area contributed by atoms with Crippen LogP contribution in [-0.4, -0.2) is 36.5 Å². The predicted octanol–water partition coefficient (Wildman–Crippen LogP) is 1.05. The van der Waals surface area contributed by atoms with Crippen molar-refractivity contribution >= 4 is 18.3 Å².